The lowest BCUT2D eigenvalue weighted by molar-refractivity contribution is -0.130. The molecule has 22 heavy (non-hydrogen) atoms. The third-order valence-electron chi connectivity index (χ3n) is 3.48. The minimum atomic E-state index is 0.162. The van der Waals surface area contributed by atoms with Gasteiger partial charge in [-0.25, -0.2) is 0 Å². The molecule has 0 aliphatic heterocycles. The number of nitrogen functional groups attached to an aromatic ring is 1. The van der Waals surface area contributed by atoms with Crippen LogP contribution in [0.1, 0.15) is 39.7 Å². The number of aryl methyl sites for hydroxylation is 1. The molecule has 0 aromatic heterocycles. The molecule has 0 unspecified atom stereocenters. The number of hydrogen-bond donors (Lipinski definition) is 1. The van der Waals surface area contributed by atoms with E-state index in [-0.39, 0.29) is 5.91 Å². The van der Waals surface area contributed by atoms with Crippen LogP contribution in [-0.2, 0) is 11.2 Å². The second-order valence-corrected chi connectivity index (χ2v) is 4.94. The number of carbonyl (C=O) groups is 1. The summed E-state index contributed by atoms with van der Waals surface area (Å²) in [6.45, 7) is 10.4. The van der Waals surface area contributed by atoms with Gasteiger partial charge in [-0.1, -0.05) is 0 Å². The van der Waals surface area contributed by atoms with Gasteiger partial charge >= 0.3 is 0 Å². The van der Waals surface area contributed by atoms with E-state index < -0.39 is 0 Å². The molecule has 0 bridgehead atoms. The fourth-order valence-electron chi connectivity index (χ4n) is 2.37. The van der Waals surface area contributed by atoms with Crippen molar-refractivity contribution in [3.63, 3.8) is 0 Å². The van der Waals surface area contributed by atoms with Gasteiger partial charge in [0, 0.05) is 19.5 Å². The van der Waals surface area contributed by atoms with E-state index in [1.165, 1.54) is 0 Å². The van der Waals surface area contributed by atoms with Gasteiger partial charge in [0.15, 0.2) is 11.5 Å². The molecule has 5 heteroatoms. The van der Waals surface area contributed by atoms with Crippen LogP contribution in [0.5, 0.6) is 11.5 Å². The average molecular weight is 308 g/mol. The Morgan fingerprint density at radius 3 is 2.27 bits per heavy atom. The number of benzene rings is 1. The molecule has 0 aliphatic carbocycles. The number of amides is 1. The van der Waals surface area contributed by atoms with Gasteiger partial charge in [0.25, 0.3) is 0 Å². The van der Waals surface area contributed by atoms with Gasteiger partial charge in [0.05, 0.1) is 18.9 Å². The van der Waals surface area contributed by atoms with Gasteiger partial charge in [-0.05, 0) is 51.8 Å². The van der Waals surface area contributed by atoms with Crippen molar-refractivity contribution in [3.8, 4) is 11.5 Å². The van der Waals surface area contributed by atoms with Gasteiger partial charge in [0.2, 0.25) is 5.91 Å². The van der Waals surface area contributed by atoms with Gasteiger partial charge in [-0.3, -0.25) is 4.79 Å². The molecule has 5 nitrogen and oxygen atoms in total. The number of hydrogen-bond acceptors (Lipinski definition) is 4. The van der Waals surface area contributed by atoms with Crippen LogP contribution in [0.4, 0.5) is 5.69 Å². The summed E-state index contributed by atoms with van der Waals surface area (Å²) in [7, 11) is 0. The number of nitrogens with zero attached hydrogens (tertiary/aromatic N) is 1. The molecule has 0 fully saturated rings. The molecule has 2 N–H and O–H groups in total. The van der Waals surface area contributed by atoms with E-state index in [4.69, 9.17) is 15.2 Å². The van der Waals surface area contributed by atoms with E-state index in [0.29, 0.717) is 43.2 Å². The molecule has 1 amide bonds. The fourth-order valence-corrected chi connectivity index (χ4v) is 2.37. The fraction of sp³-hybridized carbons (Fsp3) is 0.588. The maximum Gasteiger partial charge on any atom is 0.222 e. The molecule has 1 rings (SSSR count). The van der Waals surface area contributed by atoms with Crippen LogP contribution < -0.4 is 15.2 Å². The van der Waals surface area contributed by atoms with Crippen molar-refractivity contribution in [1.82, 2.24) is 4.90 Å². The quantitative estimate of drug-likeness (QED) is 0.712. The largest absolute Gasteiger partial charge is 0.490 e. The molecular formula is C17H28N2O3. The van der Waals surface area contributed by atoms with E-state index in [9.17, 15) is 4.79 Å². The molecule has 0 aliphatic rings. The Morgan fingerprint density at radius 1 is 1.09 bits per heavy atom. The van der Waals surface area contributed by atoms with E-state index in [1.807, 2.05) is 44.7 Å². The normalized spacial score (nSPS) is 10.4. The SMILES string of the molecule is CCOc1cc(CCC(=O)N(CC)CC)cc(N)c1OCC. The Labute approximate surface area is 133 Å². The highest BCUT2D eigenvalue weighted by Crippen LogP contribution is 2.35. The van der Waals surface area contributed by atoms with Gasteiger partial charge in [-0.15, -0.1) is 0 Å². The first-order valence-electron chi connectivity index (χ1n) is 8.02. The first-order valence-corrected chi connectivity index (χ1v) is 8.02. The smallest absolute Gasteiger partial charge is 0.222 e. The zero-order valence-electron chi connectivity index (χ0n) is 14.1. The highest BCUT2D eigenvalue weighted by molar-refractivity contribution is 5.76. The Hall–Kier alpha value is -1.91. The zero-order chi connectivity index (χ0) is 16.5. The van der Waals surface area contributed by atoms with Crippen LogP contribution in [0.25, 0.3) is 0 Å². The van der Waals surface area contributed by atoms with Crippen LogP contribution in [0, 0.1) is 0 Å². The molecule has 124 valence electrons. The minimum Gasteiger partial charge on any atom is -0.490 e. The van der Waals surface area contributed by atoms with Gasteiger partial charge < -0.3 is 20.1 Å². The maximum absolute atomic E-state index is 12.1. The van der Waals surface area contributed by atoms with Crippen molar-refractivity contribution in [2.75, 3.05) is 32.0 Å². The lowest BCUT2D eigenvalue weighted by Gasteiger charge is -2.19. The van der Waals surface area contributed by atoms with E-state index in [2.05, 4.69) is 0 Å². The van der Waals surface area contributed by atoms with Crippen molar-refractivity contribution in [3.05, 3.63) is 17.7 Å². The minimum absolute atomic E-state index is 0.162. The van der Waals surface area contributed by atoms with Gasteiger partial charge in [0.1, 0.15) is 0 Å². The van der Waals surface area contributed by atoms with Crippen LogP contribution >= 0.6 is 0 Å². The van der Waals surface area contributed by atoms with Crippen LogP contribution in [-0.4, -0.2) is 37.1 Å². The number of nitrogens with two attached hydrogens (primary N) is 1. The van der Waals surface area contributed by atoms with Crippen molar-refractivity contribution in [1.29, 1.82) is 0 Å². The summed E-state index contributed by atoms with van der Waals surface area (Å²) in [5.74, 6) is 1.40. The Balaban J connectivity index is 2.85. The number of ether oxygens (including phenoxy) is 2. The summed E-state index contributed by atoms with van der Waals surface area (Å²) in [4.78, 5) is 13.9. The van der Waals surface area contributed by atoms with Gasteiger partial charge in [-0.2, -0.15) is 0 Å². The number of anilines is 1. The summed E-state index contributed by atoms with van der Waals surface area (Å²) in [6, 6.07) is 3.78. The Kier molecular flexibility index (Phi) is 7.57. The summed E-state index contributed by atoms with van der Waals surface area (Å²) < 4.78 is 11.2. The molecule has 1 aromatic rings. The predicted molar refractivity (Wildman–Crippen MR) is 89.4 cm³/mol. The topological polar surface area (TPSA) is 64.8 Å². The molecule has 0 spiro atoms. The molecule has 0 radical (unpaired) electrons. The van der Waals surface area contributed by atoms with Crippen molar-refractivity contribution < 1.29 is 14.3 Å². The van der Waals surface area contributed by atoms with E-state index in [1.54, 1.807) is 0 Å². The molecule has 0 saturated carbocycles. The van der Waals surface area contributed by atoms with Crippen molar-refractivity contribution >= 4 is 11.6 Å². The Morgan fingerprint density at radius 2 is 1.73 bits per heavy atom. The first-order chi connectivity index (χ1) is 10.6. The maximum atomic E-state index is 12.1. The van der Waals surface area contributed by atoms with Crippen molar-refractivity contribution in [2.45, 2.75) is 40.5 Å². The number of carbonyl (C=O) groups excluding carboxylic acids is 1. The average Bonchev–Trinajstić information content (AvgIpc) is 2.50. The predicted octanol–water partition coefficient (Wildman–Crippen LogP) is 2.87. The van der Waals surface area contributed by atoms with Crippen molar-refractivity contribution in [2.24, 2.45) is 0 Å². The molecular weight excluding hydrogens is 280 g/mol. The van der Waals surface area contributed by atoms with Crippen LogP contribution in [0.2, 0.25) is 0 Å². The third kappa shape index (κ3) is 4.83. The highest BCUT2D eigenvalue weighted by atomic mass is 16.5. The third-order valence-corrected chi connectivity index (χ3v) is 3.48. The highest BCUT2D eigenvalue weighted by Gasteiger charge is 2.14. The standard InChI is InChI=1S/C17H28N2O3/c1-5-19(6-2)16(20)10-9-13-11-14(18)17(22-8-4)15(12-13)21-7-3/h11-12H,5-10,18H2,1-4H3. The van der Waals surface area contributed by atoms with Crippen LogP contribution in [0.15, 0.2) is 12.1 Å². The summed E-state index contributed by atoms with van der Waals surface area (Å²) in [5, 5.41) is 0. The van der Waals surface area contributed by atoms with E-state index >= 15 is 0 Å². The lowest BCUT2D eigenvalue weighted by Crippen LogP contribution is -2.30. The molecule has 0 saturated heterocycles. The molecule has 0 atom stereocenters. The molecule has 1 aromatic carbocycles. The lowest BCUT2D eigenvalue weighted by atomic mass is 10.1. The van der Waals surface area contributed by atoms with E-state index in [0.717, 1.165) is 18.7 Å². The second kappa shape index (κ2) is 9.18. The number of rotatable bonds is 9. The molecule has 0 heterocycles. The van der Waals surface area contributed by atoms with Crippen LogP contribution in [0.3, 0.4) is 0 Å². The summed E-state index contributed by atoms with van der Waals surface area (Å²) in [6.07, 6.45) is 1.12. The monoisotopic (exact) mass is 308 g/mol. The zero-order valence-corrected chi connectivity index (χ0v) is 14.1. The summed E-state index contributed by atoms with van der Waals surface area (Å²) >= 11 is 0. The second-order valence-electron chi connectivity index (χ2n) is 4.94. The Bertz CT molecular complexity index is 485. The summed E-state index contributed by atoms with van der Waals surface area (Å²) in [5.41, 5.74) is 7.60. The first kappa shape index (κ1) is 18.1.